The summed E-state index contributed by atoms with van der Waals surface area (Å²) in [6.45, 7) is 2.72. The number of benzene rings is 2. The van der Waals surface area contributed by atoms with Crippen molar-refractivity contribution in [3.63, 3.8) is 0 Å². The van der Waals surface area contributed by atoms with Crippen molar-refractivity contribution in [3.8, 4) is 5.75 Å². The number of aliphatic carboxylic acids is 1. The molecule has 0 unspecified atom stereocenters. The van der Waals surface area contributed by atoms with Crippen molar-refractivity contribution >= 4 is 22.8 Å². The van der Waals surface area contributed by atoms with E-state index in [0.29, 0.717) is 12.4 Å². The van der Waals surface area contributed by atoms with E-state index >= 15 is 0 Å². The van der Waals surface area contributed by atoms with Gasteiger partial charge in [-0.25, -0.2) is 0 Å². The Bertz CT molecular complexity index is 629. The van der Waals surface area contributed by atoms with Gasteiger partial charge < -0.3 is 14.6 Å². The van der Waals surface area contributed by atoms with Gasteiger partial charge in [-0.15, -0.1) is 0 Å². The maximum atomic E-state index is 10.6. The third-order valence-corrected chi connectivity index (χ3v) is 3.07. The summed E-state index contributed by atoms with van der Waals surface area (Å²) in [5, 5.41) is 12.7. The molecule has 2 aromatic carbocycles. The van der Waals surface area contributed by atoms with Crippen molar-refractivity contribution in [2.45, 2.75) is 19.8 Å². The molecule has 0 atom stereocenters. The standard InChI is InChI=1S/C17H18O3/c1-2-3-12-20-16-10-8-13-6-4-5-7-14(13)15(16)9-11-17(18)19/h4-11H,2-3,12H2,1H3,(H,18,19)/p-1/b11-9+. The molecule has 3 nitrogen and oxygen atoms in total. The van der Waals surface area contributed by atoms with Crippen LogP contribution in [0.2, 0.25) is 0 Å². The lowest BCUT2D eigenvalue weighted by atomic mass is 10.0. The summed E-state index contributed by atoms with van der Waals surface area (Å²) >= 11 is 0. The second-order valence-electron chi connectivity index (χ2n) is 4.55. The number of unbranched alkanes of at least 4 members (excludes halogenated alkanes) is 1. The van der Waals surface area contributed by atoms with E-state index < -0.39 is 5.97 Å². The molecule has 20 heavy (non-hydrogen) atoms. The van der Waals surface area contributed by atoms with E-state index in [4.69, 9.17) is 4.74 Å². The van der Waals surface area contributed by atoms with Gasteiger partial charge in [0.1, 0.15) is 5.75 Å². The van der Waals surface area contributed by atoms with Crippen LogP contribution in [-0.2, 0) is 4.79 Å². The average molecular weight is 269 g/mol. The molecule has 0 spiro atoms. The molecular weight excluding hydrogens is 252 g/mol. The van der Waals surface area contributed by atoms with Crippen LogP contribution in [0.1, 0.15) is 25.3 Å². The second-order valence-corrected chi connectivity index (χ2v) is 4.55. The minimum absolute atomic E-state index is 0.626. The van der Waals surface area contributed by atoms with Crippen LogP contribution in [0.3, 0.4) is 0 Å². The molecule has 0 heterocycles. The Balaban J connectivity index is 2.44. The Labute approximate surface area is 118 Å². The number of carbonyl (C=O) groups is 1. The molecule has 0 radical (unpaired) electrons. The second kappa shape index (κ2) is 6.75. The van der Waals surface area contributed by atoms with Gasteiger partial charge in [-0.05, 0) is 35.4 Å². The van der Waals surface area contributed by atoms with Crippen molar-refractivity contribution in [2.75, 3.05) is 6.61 Å². The van der Waals surface area contributed by atoms with Gasteiger partial charge in [-0.1, -0.05) is 43.7 Å². The molecule has 2 rings (SSSR count). The summed E-state index contributed by atoms with van der Waals surface area (Å²) in [6, 6.07) is 11.7. The highest BCUT2D eigenvalue weighted by molar-refractivity contribution is 5.96. The van der Waals surface area contributed by atoms with Crippen molar-refractivity contribution in [2.24, 2.45) is 0 Å². The highest BCUT2D eigenvalue weighted by atomic mass is 16.5. The average Bonchev–Trinajstić information content (AvgIpc) is 2.45. The number of ether oxygens (including phenoxy) is 1. The Kier molecular flexibility index (Phi) is 4.77. The molecule has 0 amide bonds. The molecule has 0 aliphatic carbocycles. The fraction of sp³-hybridized carbons (Fsp3) is 0.235. The first-order valence-corrected chi connectivity index (χ1v) is 6.76. The number of carbonyl (C=O) groups excluding carboxylic acids is 1. The highest BCUT2D eigenvalue weighted by Gasteiger charge is 2.06. The predicted octanol–water partition coefficient (Wildman–Crippen LogP) is 2.78. The minimum atomic E-state index is -1.21. The van der Waals surface area contributed by atoms with E-state index in [-0.39, 0.29) is 0 Å². The number of carboxylic acid groups (broad SMARTS) is 1. The monoisotopic (exact) mass is 269 g/mol. The lowest BCUT2D eigenvalue weighted by molar-refractivity contribution is -0.297. The topological polar surface area (TPSA) is 49.4 Å². The Morgan fingerprint density at radius 3 is 2.80 bits per heavy atom. The maximum Gasteiger partial charge on any atom is 0.127 e. The number of carboxylic acids is 1. The quantitative estimate of drug-likeness (QED) is 0.598. The molecule has 0 aliphatic rings. The van der Waals surface area contributed by atoms with Crippen LogP contribution < -0.4 is 9.84 Å². The Morgan fingerprint density at radius 2 is 2.05 bits per heavy atom. The zero-order valence-corrected chi connectivity index (χ0v) is 11.5. The van der Waals surface area contributed by atoms with Gasteiger partial charge >= 0.3 is 0 Å². The van der Waals surface area contributed by atoms with Gasteiger partial charge in [0.15, 0.2) is 0 Å². The van der Waals surface area contributed by atoms with Crippen LogP contribution in [0.4, 0.5) is 0 Å². The molecule has 0 saturated carbocycles. The molecule has 3 heteroatoms. The first-order chi connectivity index (χ1) is 9.72. The zero-order chi connectivity index (χ0) is 14.4. The summed E-state index contributed by atoms with van der Waals surface area (Å²) in [4.78, 5) is 10.6. The summed E-state index contributed by atoms with van der Waals surface area (Å²) in [6.07, 6.45) is 4.60. The molecule has 0 fully saturated rings. The van der Waals surface area contributed by atoms with Crippen LogP contribution in [-0.4, -0.2) is 12.6 Å². The summed E-state index contributed by atoms with van der Waals surface area (Å²) in [7, 11) is 0. The molecule has 104 valence electrons. The number of fused-ring (bicyclic) bond motifs is 1. The van der Waals surface area contributed by atoms with E-state index in [1.54, 1.807) is 6.08 Å². The summed E-state index contributed by atoms with van der Waals surface area (Å²) in [5.41, 5.74) is 0.781. The van der Waals surface area contributed by atoms with Crippen molar-refractivity contribution in [3.05, 3.63) is 48.0 Å². The third kappa shape index (κ3) is 3.38. The fourth-order valence-corrected chi connectivity index (χ4v) is 2.05. The van der Waals surface area contributed by atoms with E-state index in [9.17, 15) is 9.90 Å². The first-order valence-electron chi connectivity index (χ1n) is 6.76. The van der Waals surface area contributed by atoms with E-state index in [1.807, 2.05) is 36.4 Å². The summed E-state index contributed by atoms with van der Waals surface area (Å²) < 4.78 is 5.75. The van der Waals surface area contributed by atoms with Gasteiger partial charge in [0.2, 0.25) is 0 Å². The smallest absolute Gasteiger partial charge is 0.127 e. The lowest BCUT2D eigenvalue weighted by Gasteiger charge is -2.12. The van der Waals surface area contributed by atoms with E-state index in [1.165, 1.54) is 0 Å². The number of hydrogen-bond donors (Lipinski definition) is 0. The molecule has 0 saturated heterocycles. The van der Waals surface area contributed by atoms with Gasteiger partial charge in [-0.3, -0.25) is 0 Å². The molecule has 0 N–H and O–H groups in total. The Morgan fingerprint density at radius 1 is 1.25 bits per heavy atom. The highest BCUT2D eigenvalue weighted by Crippen LogP contribution is 2.29. The van der Waals surface area contributed by atoms with Crippen LogP contribution in [0.25, 0.3) is 16.8 Å². The van der Waals surface area contributed by atoms with E-state index in [0.717, 1.165) is 35.3 Å². The van der Waals surface area contributed by atoms with Crippen LogP contribution >= 0.6 is 0 Å². The van der Waals surface area contributed by atoms with Gasteiger partial charge in [-0.2, -0.15) is 0 Å². The SMILES string of the molecule is CCCCOc1ccc2ccccc2c1/C=C/C(=O)[O-]. The molecule has 0 aromatic heterocycles. The maximum absolute atomic E-state index is 10.6. The molecule has 0 aliphatic heterocycles. The lowest BCUT2D eigenvalue weighted by Crippen LogP contribution is -2.18. The Hall–Kier alpha value is -2.29. The van der Waals surface area contributed by atoms with Gasteiger partial charge in [0.05, 0.1) is 12.6 Å². The first kappa shape index (κ1) is 14.1. The third-order valence-electron chi connectivity index (χ3n) is 3.07. The van der Waals surface area contributed by atoms with Crippen molar-refractivity contribution < 1.29 is 14.6 Å². The van der Waals surface area contributed by atoms with Crippen LogP contribution in [0.15, 0.2) is 42.5 Å². The molecule has 0 bridgehead atoms. The van der Waals surface area contributed by atoms with Crippen LogP contribution in [0.5, 0.6) is 5.75 Å². The number of hydrogen-bond acceptors (Lipinski definition) is 3. The van der Waals surface area contributed by atoms with E-state index in [2.05, 4.69) is 6.92 Å². The van der Waals surface area contributed by atoms with Crippen molar-refractivity contribution in [1.82, 2.24) is 0 Å². The predicted molar refractivity (Wildman–Crippen MR) is 78.4 cm³/mol. The van der Waals surface area contributed by atoms with Crippen LogP contribution in [0, 0.1) is 0 Å². The minimum Gasteiger partial charge on any atom is -0.545 e. The van der Waals surface area contributed by atoms with Crippen molar-refractivity contribution in [1.29, 1.82) is 0 Å². The fourth-order valence-electron chi connectivity index (χ4n) is 2.05. The molecular formula is C17H17O3-. The largest absolute Gasteiger partial charge is 0.545 e. The van der Waals surface area contributed by atoms with Gasteiger partial charge in [0, 0.05) is 5.56 Å². The van der Waals surface area contributed by atoms with Gasteiger partial charge in [0.25, 0.3) is 0 Å². The normalized spacial score (nSPS) is 11.1. The zero-order valence-electron chi connectivity index (χ0n) is 11.5. The summed E-state index contributed by atoms with van der Waals surface area (Å²) in [5.74, 6) is -0.507. The number of rotatable bonds is 6. The molecule has 2 aromatic rings.